The molecule has 21 heavy (non-hydrogen) atoms. The Kier molecular flexibility index (Phi) is 4.30. The predicted molar refractivity (Wildman–Crippen MR) is 86.7 cm³/mol. The van der Waals surface area contributed by atoms with Gasteiger partial charge in [-0.2, -0.15) is 0 Å². The van der Waals surface area contributed by atoms with E-state index < -0.39 is 9.84 Å². The van der Waals surface area contributed by atoms with Crippen molar-refractivity contribution < 1.29 is 8.42 Å². The van der Waals surface area contributed by atoms with Gasteiger partial charge in [0.25, 0.3) is 0 Å². The van der Waals surface area contributed by atoms with E-state index in [0.29, 0.717) is 23.5 Å². The maximum atomic E-state index is 11.7. The molecule has 1 aliphatic heterocycles. The van der Waals surface area contributed by atoms with Crippen molar-refractivity contribution in [2.45, 2.75) is 44.2 Å². The third-order valence-electron chi connectivity index (χ3n) is 4.60. The van der Waals surface area contributed by atoms with E-state index in [9.17, 15) is 8.42 Å². The van der Waals surface area contributed by atoms with Crippen LogP contribution in [0.15, 0.2) is 24.3 Å². The fourth-order valence-electron chi connectivity index (χ4n) is 3.27. The maximum absolute atomic E-state index is 11.7. The van der Waals surface area contributed by atoms with Crippen LogP contribution in [-0.4, -0.2) is 43.5 Å². The van der Waals surface area contributed by atoms with Crippen molar-refractivity contribution in [1.29, 1.82) is 0 Å². The quantitative estimate of drug-likeness (QED) is 0.834. The Balaban J connectivity index is 1.71. The van der Waals surface area contributed by atoms with Gasteiger partial charge in [-0.3, -0.25) is 4.90 Å². The summed E-state index contributed by atoms with van der Waals surface area (Å²) in [6.45, 7) is 3.12. The zero-order valence-electron chi connectivity index (χ0n) is 12.3. The first-order valence-corrected chi connectivity index (χ1v) is 9.86. The molecular weight excluding hydrogens is 306 g/mol. The van der Waals surface area contributed by atoms with Crippen LogP contribution in [0.1, 0.15) is 37.7 Å². The summed E-state index contributed by atoms with van der Waals surface area (Å²) >= 11 is 6.07. The molecule has 0 N–H and O–H groups in total. The third-order valence-corrected chi connectivity index (χ3v) is 6.58. The van der Waals surface area contributed by atoms with Crippen LogP contribution in [0.5, 0.6) is 0 Å². The average molecular weight is 328 g/mol. The van der Waals surface area contributed by atoms with Crippen molar-refractivity contribution in [3.8, 4) is 0 Å². The maximum Gasteiger partial charge on any atom is 0.151 e. The van der Waals surface area contributed by atoms with E-state index >= 15 is 0 Å². The van der Waals surface area contributed by atoms with Crippen LogP contribution in [0.3, 0.4) is 0 Å². The van der Waals surface area contributed by atoms with E-state index in [2.05, 4.69) is 17.9 Å². The number of hydrogen-bond donors (Lipinski definition) is 0. The van der Waals surface area contributed by atoms with Crippen molar-refractivity contribution >= 4 is 21.4 Å². The molecule has 1 aromatic rings. The van der Waals surface area contributed by atoms with Crippen LogP contribution in [-0.2, 0) is 9.84 Å². The lowest BCUT2D eigenvalue weighted by molar-refractivity contribution is 0.192. The highest BCUT2D eigenvalue weighted by molar-refractivity contribution is 7.91. The molecule has 1 saturated heterocycles. The normalized spacial score (nSPS) is 26.1. The standard InChI is InChI=1S/C16H22ClNO2S/c1-12(13-3-2-4-14(17)9-13)10-18(15-5-6-15)16-7-8-21(19,20)11-16/h2-4,9,12,15-16H,5-8,10-11H2,1H3/t12-,16+/m1/s1. The summed E-state index contributed by atoms with van der Waals surface area (Å²) in [6.07, 6.45) is 3.21. The zero-order valence-corrected chi connectivity index (χ0v) is 13.9. The molecular formula is C16H22ClNO2S. The van der Waals surface area contributed by atoms with E-state index in [1.165, 1.54) is 18.4 Å². The molecule has 116 valence electrons. The predicted octanol–water partition coefficient (Wildman–Crippen LogP) is 3.10. The van der Waals surface area contributed by atoms with E-state index in [0.717, 1.165) is 18.0 Å². The SMILES string of the molecule is C[C@H](CN(C1CC1)[C@H]1CCS(=O)(=O)C1)c1cccc(Cl)c1. The van der Waals surface area contributed by atoms with Crippen molar-refractivity contribution in [1.82, 2.24) is 4.90 Å². The van der Waals surface area contributed by atoms with Crippen molar-refractivity contribution in [2.75, 3.05) is 18.1 Å². The summed E-state index contributed by atoms with van der Waals surface area (Å²) in [7, 11) is -2.82. The number of hydrogen-bond acceptors (Lipinski definition) is 3. The van der Waals surface area contributed by atoms with Gasteiger partial charge in [0.2, 0.25) is 0 Å². The first-order chi connectivity index (χ1) is 9.94. The molecule has 1 aromatic carbocycles. The number of halogens is 1. The molecule has 2 atom stereocenters. The lowest BCUT2D eigenvalue weighted by Crippen LogP contribution is -2.40. The smallest absolute Gasteiger partial charge is 0.151 e. The van der Waals surface area contributed by atoms with Crippen LogP contribution in [0, 0.1) is 0 Å². The molecule has 0 bridgehead atoms. The minimum Gasteiger partial charge on any atom is -0.296 e. The largest absolute Gasteiger partial charge is 0.296 e. The molecule has 5 heteroatoms. The highest BCUT2D eigenvalue weighted by atomic mass is 35.5. The minimum absolute atomic E-state index is 0.212. The highest BCUT2D eigenvalue weighted by Crippen LogP contribution is 2.34. The van der Waals surface area contributed by atoms with Gasteiger partial charge in [-0.25, -0.2) is 8.42 Å². The molecule has 2 fully saturated rings. The van der Waals surface area contributed by atoms with Crippen LogP contribution in [0.25, 0.3) is 0 Å². The van der Waals surface area contributed by atoms with Gasteiger partial charge in [0, 0.05) is 23.7 Å². The zero-order chi connectivity index (χ0) is 15.0. The van der Waals surface area contributed by atoms with E-state index in [-0.39, 0.29) is 6.04 Å². The van der Waals surface area contributed by atoms with Crippen LogP contribution in [0.2, 0.25) is 5.02 Å². The monoisotopic (exact) mass is 327 g/mol. The van der Waals surface area contributed by atoms with Crippen LogP contribution < -0.4 is 0 Å². The summed E-state index contributed by atoms with van der Waals surface area (Å²) in [4.78, 5) is 2.44. The second-order valence-electron chi connectivity index (χ2n) is 6.44. The summed E-state index contributed by atoms with van der Waals surface area (Å²) in [5.41, 5.74) is 1.23. The van der Waals surface area contributed by atoms with Gasteiger partial charge in [-0.15, -0.1) is 0 Å². The Bertz CT molecular complexity index is 612. The van der Waals surface area contributed by atoms with Crippen molar-refractivity contribution in [3.05, 3.63) is 34.9 Å². The Morgan fingerprint density at radius 3 is 2.62 bits per heavy atom. The minimum atomic E-state index is -2.82. The highest BCUT2D eigenvalue weighted by Gasteiger charge is 2.39. The molecule has 1 aliphatic carbocycles. The Labute approximate surface area is 132 Å². The van der Waals surface area contributed by atoms with Gasteiger partial charge in [0.1, 0.15) is 0 Å². The Morgan fingerprint density at radius 2 is 2.05 bits per heavy atom. The molecule has 2 aliphatic rings. The fraction of sp³-hybridized carbons (Fsp3) is 0.625. The van der Waals surface area contributed by atoms with E-state index in [1.807, 2.05) is 18.2 Å². The van der Waals surface area contributed by atoms with Gasteiger partial charge >= 0.3 is 0 Å². The lowest BCUT2D eigenvalue weighted by atomic mass is 9.99. The first kappa shape index (κ1) is 15.3. The Morgan fingerprint density at radius 1 is 1.29 bits per heavy atom. The molecule has 3 rings (SSSR count). The molecule has 0 radical (unpaired) electrons. The van der Waals surface area contributed by atoms with Gasteiger partial charge in [0.15, 0.2) is 9.84 Å². The van der Waals surface area contributed by atoms with Gasteiger partial charge < -0.3 is 0 Å². The lowest BCUT2D eigenvalue weighted by Gasteiger charge is -2.31. The van der Waals surface area contributed by atoms with Crippen LogP contribution >= 0.6 is 11.6 Å². The van der Waals surface area contributed by atoms with Crippen molar-refractivity contribution in [2.24, 2.45) is 0 Å². The molecule has 0 unspecified atom stereocenters. The van der Waals surface area contributed by atoms with E-state index in [4.69, 9.17) is 11.6 Å². The van der Waals surface area contributed by atoms with E-state index in [1.54, 1.807) is 0 Å². The van der Waals surface area contributed by atoms with Gasteiger partial charge in [0.05, 0.1) is 11.5 Å². The first-order valence-electron chi connectivity index (χ1n) is 7.66. The summed E-state index contributed by atoms with van der Waals surface area (Å²) < 4.78 is 23.5. The fourth-order valence-corrected chi connectivity index (χ4v) is 5.22. The number of rotatable bonds is 5. The number of sulfone groups is 1. The summed E-state index contributed by atoms with van der Waals surface area (Å²) in [6, 6.07) is 8.79. The van der Waals surface area contributed by atoms with Gasteiger partial charge in [-0.05, 0) is 42.9 Å². The summed E-state index contributed by atoms with van der Waals surface area (Å²) in [5.74, 6) is 1.06. The second-order valence-corrected chi connectivity index (χ2v) is 9.11. The third kappa shape index (κ3) is 3.79. The molecule has 1 heterocycles. The molecule has 3 nitrogen and oxygen atoms in total. The average Bonchev–Trinajstić information content (AvgIpc) is 3.19. The number of nitrogens with zero attached hydrogens (tertiary/aromatic N) is 1. The second kappa shape index (κ2) is 5.90. The summed E-state index contributed by atoms with van der Waals surface area (Å²) in [5, 5.41) is 0.765. The van der Waals surface area contributed by atoms with Crippen molar-refractivity contribution in [3.63, 3.8) is 0 Å². The molecule has 0 amide bonds. The van der Waals surface area contributed by atoms with Gasteiger partial charge in [-0.1, -0.05) is 30.7 Å². The Hall–Kier alpha value is -0.580. The molecule has 0 aromatic heterocycles. The topological polar surface area (TPSA) is 37.4 Å². The molecule has 0 spiro atoms. The number of benzene rings is 1. The van der Waals surface area contributed by atoms with Crippen LogP contribution in [0.4, 0.5) is 0 Å². The molecule has 1 saturated carbocycles.